The third-order valence-corrected chi connectivity index (χ3v) is 5.91. The molecular formula is C25H23N3O2. The number of rotatable bonds is 3. The Bertz CT molecular complexity index is 1240. The second-order valence-electron chi connectivity index (χ2n) is 7.64. The number of methoxy groups -OCH3 is 1. The normalized spacial score (nSPS) is 13.3. The first-order valence-corrected chi connectivity index (χ1v) is 10.1. The largest absolute Gasteiger partial charge is 0.497 e. The molecule has 1 aliphatic rings. The summed E-state index contributed by atoms with van der Waals surface area (Å²) in [6.07, 6.45) is 1.94. The predicted molar refractivity (Wildman–Crippen MR) is 118 cm³/mol. The van der Waals surface area contributed by atoms with Crippen LogP contribution in [0.1, 0.15) is 21.7 Å². The van der Waals surface area contributed by atoms with Gasteiger partial charge in [0.2, 0.25) is 0 Å². The summed E-state index contributed by atoms with van der Waals surface area (Å²) in [6.45, 7) is 4.04. The van der Waals surface area contributed by atoms with Gasteiger partial charge in [0, 0.05) is 24.2 Å². The van der Waals surface area contributed by atoms with E-state index in [0.29, 0.717) is 18.7 Å². The fraction of sp³-hybridized carbons (Fsp3) is 0.200. The average molecular weight is 397 g/mol. The van der Waals surface area contributed by atoms with Crippen molar-refractivity contribution in [3.8, 4) is 17.0 Å². The molecule has 0 spiro atoms. The number of imidazole rings is 1. The van der Waals surface area contributed by atoms with E-state index in [-0.39, 0.29) is 5.91 Å². The first kappa shape index (κ1) is 18.4. The Balaban J connectivity index is 1.45. The van der Waals surface area contributed by atoms with Gasteiger partial charge in [-0.3, -0.25) is 4.79 Å². The standard InChI is InChI=1S/C25H23N3O2/c1-17-7-12-22(21-6-4-3-5-20(17)21)23-15-26-24-16-27(13-14-28(23)24)25(29)18-8-10-19(30-2)11-9-18/h3-12,15H,13-14,16H2,1-2H3. The highest BCUT2D eigenvalue weighted by Gasteiger charge is 2.25. The Kier molecular flexibility index (Phi) is 4.51. The number of fused-ring (bicyclic) bond motifs is 2. The SMILES string of the molecule is COc1ccc(C(=O)N2CCn3c(-c4ccc(C)c5ccccc45)cnc3C2)cc1. The van der Waals surface area contributed by atoms with Crippen LogP contribution in [0.5, 0.6) is 5.75 Å². The number of hydrogen-bond donors (Lipinski definition) is 0. The third-order valence-electron chi connectivity index (χ3n) is 5.91. The molecule has 0 N–H and O–H groups in total. The van der Waals surface area contributed by atoms with Gasteiger partial charge in [-0.2, -0.15) is 0 Å². The van der Waals surface area contributed by atoms with Crippen molar-refractivity contribution in [2.24, 2.45) is 0 Å². The highest BCUT2D eigenvalue weighted by atomic mass is 16.5. The van der Waals surface area contributed by atoms with Crippen LogP contribution in [0.2, 0.25) is 0 Å². The quantitative estimate of drug-likeness (QED) is 0.504. The summed E-state index contributed by atoms with van der Waals surface area (Å²) < 4.78 is 7.43. The van der Waals surface area contributed by atoms with Crippen LogP contribution >= 0.6 is 0 Å². The molecule has 0 atom stereocenters. The van der Waals surface area contributed by atoms with Gasteiger partial charge in [-0.15, -0.1) is 0 Å². The van der Waals surface area contributed by atoms with Crippen LogP contribution in [0.25, 0.3) is 22.0 Å². The number of hydrogen-bond acceptors (Lipinski definition) is 3. The summed E-state index contributed by atoms with van der Waals surface area (Å²) in [4.78, 5) is 19.5. The molecule has 5 nitrogen and oxygen atoms in total. The van der Waals surface area contributed by atoms with Gasteiger partial charge in [0.1, 0.15) is 11.6 Å². The summed E-state index contributed by atoms with van der Waals surface area (Å²) in [5.41, 5.74) is 4.23. The lowest BCUT2D eigenvalue weighted by Crippen LogP contribution is -2.38. The lowest BCUT2D eigenvalue weighted by atomic mass is 9.98. The topological polar surface area (TPSA) is 47.4 Å². The molecule has 0 radical (unpaired) electrons. The second-order valence-corrected chi connectivity index (χ2v) is 7.64. The van der Waals surface area contributed by atoms with Crippen molar-refractivity contribution in [2.45, 2.75) is 20.0 Å². The summed E-state index contributed by atoms with van der Waals surface area (Å²) in [6, 6.07) is 20.1. The fourth-order valence-corrected chi connectivity index (χ4v) is 4.24. The molecule has 150 valence electrons. The van der Waals surface area contributed by atoms with Gasteiger partial charge < -0.3 is 14.2 Å². The number of carbonyl (C=O) groups excluding carboxylic acids is 1. The molecule has 2 heterocycles. The van der Waals surface area contributed by atoms with Crippen LogP contribution < -0.4 is 4.74 Å². The van der Waals surface area contributed by atoms with Gasteiger partial charge in [-0.1, -0.05) is 36.4 Å². The molecule has 5 heteroatoms. The van der Waals surface area contributed by atoms with Crippen LogP contribution in [0.15, 0.2) is 66.9 Å². The summed E-state index contributed by atoms with van der Waals surface area (Å²) >= 11 is 0. The minimum atomic E-state index is 0.0224. The Morgan fingerprint density at radius 2 is 1.73 bits per heavy atom. The summed E-state index contributed by atoms with van der Waals surface area (Å²) in [5.74, 6) is 1.69. The Morgan fingerprint density at radius 1 is 0.967 bits per heavy atom. The van der Waals surface area contributed by atoms with Gasteiger partial charge >= 0.3 is 0 Å². The molecule has 4 aromatic rings. The van der Waals surface area contributed by atoms with E-state index in [0.717, 1.165) is 23.8 Å². The van der Waals surface area contributed by atoms with Crippen molar-refractivity contribution in [3.63, 3.8) is 0 Å². The highest BCUT2D eigenvalue weighted by Crippen LogP contribution is 2.32. The molecule has 0 fully saturated rings. The van der Waals surface area contributed by atoms with Crippen molar-refractivity contribution >= 4 is 16.7 Å². The predicted octanol–water partition coefficient (Wildman–Crippen LogP) is 4.68. The zero-order valence-corrected chi connectivity index (χ0v) is 17.1. The highest BCUT2D eigenvalue weighted by molar-refractivity contribution is 5.98. The number of aromatic nitrogens is 2. The Labute approximate surface area is 175 Å². The lowest BCUT2D eigenvalue weighted by molar-refractivity contribution is 0.0708. The molecule has 0 saturated heterocycles. The number of nitrogens with zero attached hydrogens (tertiary/aromatic N) is 3. The molecular weight excluding hydrogens is 374 g/mol. The lowest BCUT2D eigenvalue weighted by Gasteiger charge is -2.29. The number of aryl methyl sites for hydroxylation is 1. The van der Waals surface area contributed by atoms with E-state index in [1.54, 1.807) is 7.11 Å². The van der Waals surface area contributed by atoms with E-state index in [1.165, 1.54) is 21.9 Å². The molecule has 1 aromatic heterocycles. The van der Waals surface area contributed by atoms with Gasteiger partial charge in [-0.05, 0) is 47.5 Å². The molecule has 0 unspecified atom stereocenters. The van der Waals surface area contributed by atoms with Crippen LogP contribution in [0, 0.1) is 6.92 Å². The minimum Gasteiger partial charge on any atom is -0.497 e. The van der Waals surface area contributed by atoms with E-state index >= 15 is 0 Å². The zero-order valence-electron chi connectivity index (χ0n) is 17.1. The average Bonchev–Trinajstić information content (AvgIpc) is 3.22. The Hall–Kier alpha value is -3.60. The number of benzene rings is 3. The molecule has 1 amide bonds. The van der Waals surface area contributed by atoms with Gasteiger partial charge in [-0.25, -0.2) is 4.98 Å². The van der Waals surface area contributed by atoms with Gasteiger partial charge in [0.25, 0.3) is 5.91 Å². The first-order chi connectivity index (χ1) is 14.7. The molecule has 1 aliphatic heterocycles. The van der Waals surface area contributed by atoms with E-state index in [9.17, 15) is 4.79 Å². The van der Waals surface area contributed by atoms with Gasteiger partial charge in [0.05, 0.1) is 25.5 Å². The maximum Gasteiger partial charge on any atom is 0.254 e. The van der Waals surface area contributed by atoms with Crippen LogP contribution in [0.4, 0.5) is 0 Å². The molecule has 0 saturated carbocycles. The van der Waals surface area contributed by atoms with Crippen LogP contribution in [-0.4, -0.2) is 34.0 Å². The fourth-order valence-electron chi connectivity index (χ4n) is 4.24. The number of ether oxygens (including phenoxy) is 1. The van der Waals surface area contributed by atoms with E-state index in [4.69, 9.17) is 4.74 Å². The molecule has 5 rings (SSSR count). The third kappa shape index (κ3) is 3.03. The van der Waals surface area contributed by atoms with Crippen molar-refractivity contribution in [3.05, 3.63) is 83.8 Å². The summed E-state index contributed by atoms with van der Waals surface area (Å²) in [7, 11) is 1.62. The van der Waals surface area contributed by atoms with Crippen molar-refractivity contribution in [1.82, 2.24) is 14.5 Å². The summed E-state index contributed by atoms with van der Waals surface area (Å²) in [5, 5.41) is 2.50. The molecule has 30 heavy (non-hydrogen) atoms. The first-order valence-electron chi connectivity index (χ1n) is 10.1. The Morgan fingerprint density at radius 3 is 2.50 bits per heavy atom. The number of carbonyl (C=O) groups is 1. The van der Waals surface area contributed by atoms with Crippen LogP contribution in [-0.2, 0) is 13.1 Å². The van der Waals surface area contributed by atoms with Crippen molar-refractivity contribution < 1.29 is 9.53 Å². The maximum atomic E-state index is 12.9. The van der Waals surface area contributed by atoms with E-state index in [2.05, 4.69) is 52.9 Å². The zero-order chi connectivity index (χ0) is 20.7. The smallest absolute Gasteiger partial charge is 0.254 e. The molecule has 0 aliphatic carbocycles. The van der Waals surface area contributed by atoms with Crippen molar-refractivity contribution in [1.29, 1.82) is 0 Å². The maximum absolute atomic E-state index is 12.9. The van der Waals surface area contributed by atoms with Crippen LogP contribution in [0.3, 0.4) is 0 Å². The van der Waals surface area contributed by atoms with E-state index < -0.39 is 0 Å². The van der Waals surface area contributed by atoms with Gasteiger partial charge in [0.15, 0.2) is 0 Å². The number of amides is 1. The molecule has 0 bridgehead atoms. The molecule has 3 aromatic carbocycles. The monoisotopic (exact) mass is 397 g/mol. The minimum absolute atomic E-state index is 0.0224. The van der Waals surface area contributed by atoms with E-state index in [1.807, 2.05) is 35.4 Å². The van der Waals surface area contributed by atoms with Crippen molar-refractivity contribution in [2.75, 3.05) is 13.7 Å². The second kappa shape index (κ2) is 7.34.